The van der Waals surface area contributed by atoms with Gasteiger partial charge >= 0.3 is 5.97 Å². The van der Waals surface area contributed by atoms with Gasteiger partial charge in [0.2, 0.25) is 0 Å². The molecule has 0 heterocycles. The molecule has 0 amide bonds. The average Bonchev–Trinajstić information content (AvgIpc) is 2.70. The van der Waals surface area contributed by atoms with Gasteiger partial charge in [0.25, 0.3) is 0 Å². The largest absolute Gasteiger partial charge is 0.497 e. The second kappa shape index (κ2) is 9.44. The number of carbonyl (C=O) groups is 1. The fraction of sp³-hybridized carbons (Fsp3) is 0.273. The summed E-state index contributed by atoms with van der Waals surface area (Å²) in [5.41, 5.74) is 2.56. The molecule has 0 aliphatic rings. The Morgan fingerprint density at radius 1 is 1.11 bits per heavy atom. The molecule has 5 nitrogen and oxygen atoms in total. The van der Waals surface area contributed by atoms with E-state index in [2.05, 4.69) is 13.8 Å². The molecule has 0 aliphatic heterocycles. The van der Waals surface area contributed by atoms with Crippen molar-refractivity contribution in [3.05, 3.63) is 64.7 Å². The van der Waals surface area contributed by atoms with E-state index in [0.29, 0.717) is 23.0 Å². The summed E-state index contributed by atoms with van der Waals surface area (Å²) in [6, 6.07) is 14.9. The third kappa shape index (κ3) is 5.35. The molecule has 0 fully saturated rings. The summed E-state index contributed by atoms with van der Waals surface area (Å²) in [6.45, 7) is 4.19. The van der Waals surface area contributed by atoms with E-state index in [1.807, 2.05) is 30.3 Å². The molecule has 2 aromatic rings. The quantitative estimate of drug-likeness (QED) is 0.411. The molecule has 0 saturated heterocycles. The van der Waals surface area contributed by atoms with Gasteiger partial charge in [-0.25, -0.2) is 4.79 Å². The Bertz CT molecular complexity index is 861. The number of esters is 1. The third-order valence-corrected chi connectivity index (χ3v) is 4.10. The zero-order valence-electron chi connectivity index (χ0n) is 16.0. The van der Waals surface area contributed by atoms with Gasteiger partial charge in [-0.05, 0) is 41.3 Å². The van der Waals surface area contributed by atoms with E-state index >= 15 is 0 Å². The van der Waals surface area contributed by atoms with Gasteiger partial charge in [-0.2, -0.15) is 5.26 Å². The lowest BCUT2D eigenvalue weighted by Gasteiger charge is -2.11. The maximum atomic E-state index is 12.3. The standard InChI is InChI=1S/C22H23NO4/c1-15(2)17-7-5-16(6-8-17)11-18(13-23)22(24)27-14-19-12-20(25-3)9-10-21(19)26-4/h5-12,15H,14H2,1-4H3/b18-11+. The minimum Gasteiger partial charge on any atom is -0.497 e. The first-order valence-electron chi connectivity index (χ1n) is 8.58. The van der Waals surface area contributed by atoms with Gasteiger partial charge in [0.15, 0.2) is 0 Å². The van der Waals surface area contributed by atoms with Crippen LogP contribution in [0.1, 0.15) is 36.5 Å². The van der Waals surface area contributed by atoms with Crippen LogP contribution >= 0.6 is 0 Å². The van der Waals surface area contributed by atoms with Gasteiger partial charge in [-0.15, -0.1) is 0 Å². The van der Waals surface area contributed by atoms with Gasteiger partial charge in [-0.3, -0.25) is 0 Å². The lowest BCUT2D eigenvalue weighted by molar-refractivity contribution is -0.139. The lowest BCUT2D eigenvalue weighted by atomic mass is 10.0. The Morgan fingerprint density at radius 3 is 2.37 bits per heavy atom. The van der Waals surface area contributed by atoms with Crippen molar-refractivity contribution < 1.29 is 19.0 Å². The Morgan fingerprint density at radius 2 is 1.81 bits per heavy atom. The topological polar surface area (TPSA) is 68.6 Å². The van der Waals surface area contributed by atoms with Crippen molar-refractivity contribution in [1.82, 2.24) is 0 Å². The Labute approximate surface area is 159 Å². The highest BCUT2D eigenvalue weighted by atomic mass is 16.5. The highest BCUT2D eigenvalue weighted by Crippen LogP contribution is 2.25. The van der Waals surface area contributed by atoms with Crippen LogP contribution in [0, 0.1) is 11.3 Å². The van der Waals surface area contributed by atoms with Crippen LogP contribution in [0.25, 0.3) is 6.08 Å². The fourth-order valence-corrected chi connectivity index (χ4v) is 2.50. The van der Waals surface area contributed by atoms with Gasteiger partial charge in [0, 0.05) is 5.56 Å². The van der Waals surface area contributed by atoms with Crippen LogP contribution in [0.5, 0.6) is 11.5 Å². The van der Waals surface area contributed by atoms with E-state index in [1.165, 1.54) is 18.7 Å². The van der Waals surface area contributed by atoms with Crippen molar-refractivity contribution in [2.45, 2.75) is 26.4 Å². The van der Waals surface area contributed by atoms with Crippen molar-refractivity contribution in [3.8, 4) is 17.6 Å². The van der Waals surface area contributed by atoms with Gasteiger partial charge in [0.1, 0.15) is 29.7 Å². The number of rotatable bonds is 7. The number of methoxy groups -OCH3 is 2. The molecule has 5 heteroatoms. The number of carbonyl (C=O) groups excluding carboxylic acids is 1. The second-order valence-electron chi connectivity index (χ2n) is 6.25. The first-order chi connectivity index (χ1) is 13.0. The number of nitriles is 1. The first kappa shape index (κ1) is 20.1. The smallest absolute Gasteiger partial charge is 0.349 e. The van der Waals surface area contributed by atoms with Crippen LogP contribution in [0.15, 0.2) is 48.0 Å². The molecule has 0 spiro atoms. The highest BCUT2D eigenvalue weighted by molar-refractivity contribution is 5.97. The fourth-order valence-electron chi connectivity index (χ4n) is 2.50. The first-order valence-corrected chi connectivity index (χ1v) is 8.58. The number of nitrogens with zero attached hydrogens (tertiary/aromatic N) is 1. The third-order valence-electron chi connectivity index (χ3n) is 4.10. The summed E-state index contributed by atoms with van der Waals surface area (Å²) >= 11 is 0. The molecule has 0 bridgehead atoms. The zero-order chi connectivity index (χ0) is 19.8. The molecule has 0 aromatic heterocycles. The minimum atomic E-state index is -0.685. The van der Waals surface area contributed by atoms with Gasteiger partial charge in [-0.1, -0.05) is 38.1 Å². The number of ether oxygens (including phenoxy) is 3. The normalized spacial score (nSPS) is 11.0. The van der Waals surface area contributed by atoms with E-state index < -0.39 is 5.97 Å². The van der Waals surface area contributed by atoms with E-state index in [0.717, 1.165) is 5.56 Å². The number of hydrogen-bond acceptors (Lipinski definition) is 5. The second-order valence-corrected chi connectivity index (χ2v) is 6.25. The lowest BCUT2D eigenvalue weighted by Crippen LogP contribution is -2.07. The van der Waals surface area contributed by atoms with Crippen LogP contribution in [0.3, 0.4) is 0 Å². The monoisotopic (exact) mass is 365 g/mol. The molecule has 140 valence electrons. The predicted octanol–water partition coefficient (Wildman–Crippen LogP) is 4.48. The molecule has 0 unspecified atom stereocenters. The summed E-state index contributed by atoms with van der Waals surface area (Å²) in [5, 5.41) is 9.32. The molecule has 0 aliphatic carbocycles. The molecule has 0 N–H and O–H groups in total. The van der Waals surface area contributed by atoms with Gasteiger partial charge in [0.05, 0.1) is 14.2 Å². The molecule has 0 saturated carbocycles. The zero-order valence-corrected chi connectivity index (χ0v) is 16.0. The maximum Gasteiger partial charge on any atom is 0.349 e. The van der Waals surface area contributed by atoms with Crippen LogP contribution in [0.4, 0.5) is 0 Å². The SMILES string of the molecule is COc1ccc(OC)c(COC(=O)/C(C#N)=C/c2ccc(C(C)C)cc2)c1. The average molecular weight is 365 g/mol. The number of benzene rings is 2. The van der Waals surface area contributed by atoms with E-state index in [9.17, 15) is 10.1 Å². The van der Waals surface area contributed by atoms with Crippen molar-refractivity contribution in [3.63, 3.8) is 0 Å². The summed E-state index contributed by atoms with van der Waals surface area (Å²) in [5.74, 6) is 0.940. The Hall–Kier alpha value is -3.26. The molecule has 0 radical (unpaired) electrons. The van der Waals surface area contributed by atoms with Crippen molar-refractivity contribution >= 4 is 12.0 Å². The highest BCUT2D eigenvalue weighted by Gasteiger charge is 2.13. The van der Waals surface area contributed by atoms with Crippen molar-refractivity contribution in [2.24, 2.45) is 0 Å². The van der Waals surface area contributed by atoms with Crippen LogP contribution in [-0.4, -0.2) is 20.2 Å². The summed E-state index contributed by atoms with van der Waals surface area (Å²) < 4.78 is 15.7. The molecular formula is C22H23NO4. The molecule has 0 atom stereocenters. The predicted molar refractivity (Wildman–Crippen MR) is 103 cm³/mol. The number of hydrogen-bond donors (Lipinski definition) is 0. The summed E-state index contributed by atoms with van der Waals surface area (Å²) in [4.78, 5) is 12.3. The summed E-state index contributed by atoms with van der Waals surface area (Å²) in [7, 11) is 3.09. The molecule has 27 heavy (non-hydrogen) atoms. The molecular weight excluding hydrogens is 342 g/mol. The Balaban J connectivity index is 2.12. The Kier molecular flexibility index (Phi) is 7.01. The van der Waals surface area contributed by atoms with E-state index in [-0.39, 0.29) is 12.2 Å². The van der Waals surface area contributed by atoms with E-state index in [1.54, 1.807) is 25.3 Å². The van der Waals surface area contributed by atoms with E-state index in [4.69, 9.17) is 14.2 Å². The van der Waals surface area contributed by atoms with Crippen LogP contribution in [0.2, 0.25) is 0 Å². The molecule has 2 rings (SSSR count). The van der Waals surface area contributed by atoms with Gasteiger partial charge < -0.3 is 14.2 Å². The minimum absolute atomic E-state index is 0.0233. The maximum absolute atomic E-state index is 12.3. The van der Waals surface area contributed by atoms with Crippen LogP contribution < -0.4 is 9.47 Å². The summed E-state index contributed by atoms with van der Waals surface area (Å²) in [6.07, 6.45) is 1.52. The molecule has 2 aromatic carbocycles. The van der Waals surface area contributed by atoms with Crippen molar-refractivity contribution in [2.75, 3.05) is 14.2 Å². The van der Waals surface area contributed by atoms with Crippen LogP contribution in [-0.2, 0) is 16.1 Å². The van der Waals surface area contributed by atoms with Crippen molar-refractivity contribution in [1.29, 1.82) is 5.26 Å².